The van der Waals surface area contributed by atoms with Crippen LogP contribution in [-0.4, -0.2) is 41.6 Å². The molecular formula is C11H20N4. The molecular weight excluding hydrogens is 188 g/mol. The van der Waals surface area contributed by atoms with Gasteiger partial charge in [0.25, 0.3) is 0 Å². The average molecular weight is 208 g/mol. The molecule has 0 atom stereocenters. The maximum atomic E-state index is 4.33. The molecule has 1 saturated carbocycles. The van der Waals surface area contributed by atoms with Crippen molar-refractivity contribution in [3.05, 3.63) is 12.4 Å². The summed E-state index contributed by atoms with van der Waals surface area (Å²) in [6, 6.07) is 0.712. The zero-order valence-electron chi connectivity index (χ0n) is 9.61. The molecule has 1 aromatic heterocycles. The van der Waals surface area contributed by atoms with Crippen LogP contribution in [0.2, 0.25) is 0 Å². The third-order valence-corrected chi connectivity index (χ3v) is 2.67. The van der Waals surface area contributed by atoms with Crippen LogP contribution in [0.15, 0.2) is 12.4 Å². The molecule has 0 aromatic carbocycles. The van der Waals surface area contributed by atoms with Gasteiger partial charge < -0.3 is 14.8 Å². The van der Waals surface area contributed by atoms with Gasteiger partial charge in [-0.15, -0.1) is 0 Å². The second-order valence-electron chi connectivity index (χ2n) is 4.47. The number of hydrogen-bond donors (Lipinski definition) is 1. The molecule has 1 heterocycles. The number of imidazole rings is 1. The fourth-order valence-corrected chi connectivity index (χ4v) is 1.69. The van der Waals surface area contributed by atoms with Gasteiger partial charge in [-0.05, 0) is 39.9 Å². The molecule has 0 spiro atoms. The molecule has 1 aromatic rings. The quantitative estimate of drug-likeness (QED) is 0.721. The van der Waals surface area contributed by atoms with E-state index < -0.39 is 0 Å². The fourth-order valence-electron chi connectivity index (χ4n) is 1.69. The minimum Gasteiger partial charge on any atom is -0.356 e. The Kier molecular flexibility index (Phi) is 3.26. The predicted molar refractivity (Wildman–Crippen MR) is 62.2 cm³/mol. The highest BCUT2D eigenvalue weighted by Crippen LogP contribution is 2.36. The molecule has 1 N–H and O–H groups in total. The van der Waals surface area contributed by atoms with E-state index in [2.05, 4.69) is 40.1 Å². The van der Waals surface area contributed by atoms with Crippen LogP contribution < -0.4 is 5.32 Å². The van der Waals surface area contributed by atoms with Crippen LogP contribution >= 0.6 is 0 Å². The number of hydrogen-bond acceptors (Lipinski definition) is 3. The van der Waals surface area contributed by atoms with Crippen molar-refractivity contribution in [1.82, 2.24) is 14.5 Å². The SMILES string of the molecule is CN(C)CCCNc1nccn1C1CC1. The monoisotopic (exact) mass is 208 g/mol. The van der Waals surface area contributed by atoms with Crippen LogP contribution in [0, 0.1) is 0 Å². The van der Waals surface area contributed by atoms with Crippen molar-refractivity contribution in [1.29, 1.82) is 0 Å². The molecule has 0 amide bonds. The van der Waals surface area contributed by atoms with Crippen LogP contribution in [-0.2, 0) is 0 Å². The molecule has 1 aliphatic carbocycles. The van der Waals surface area contributed by atoms with Crippen molar-refractivity contribution in [3.8, 4) is 0 Å². The summed E-state index contributed by atoms with van der Waals surface area (Å²) < 4.78 is 2.26. The first-order valence-electron chi connectivity index (χ1n) is 5.69. The van der Waals surface area contributed by atoms with Crippen molar-refractivity contribution in [2.45, 2.75) is 25.3 Å². The summed E-state index contributed by atoms with van der Waals surface area (Å²) in [5, 5.41) is 3.40. The van der Waals surface area contributed by atoms with Crippen LogP contribution in [0.1, 0.15) is 25.3 Å². The van der Waals surface area contributed by atoms with Gasteiger partial charge in [-0.2, -0.15) is 0 Å². The van der Waals surface area contributed by atoms with Crippen molar-refractivity contribution in [3.63, 3.8) is 0 Å². The van der Waals surface area contributed by atoms with Crippen molar-refractivity contribution in [2.24, 2.45) is 0 Å². The summed E-state index contributed by atoms with van der Waals surface area (Å²) in [7, 11) is 4.20. The molecule has 2 rings (SSSR count). The molecule has 0 saturated heterocycles. The van der Waals surface area contributed by atoms with Crippen LogP contribution in [0.25, 0.3) is 0 Å². The highest BCUT2D eigenvalue weighted by atomic mass is 15.2. The van der Waals surface area contributed by atoms with E-state index >= 15 is 0 Å². The Bertz CT molecular complexity index is 301. The normalized spacial score (nSPS) is 15.9. The maximum absolute atomic E-state index is 4.33. The number of nitrogens with zero attached hydrogens (tertiary/aromatic N) is 3. The Morgan fingerprint density at radius 3 is 3.00 bits per heavy atom. The van der Waals surface area contributed by atoms with E-state index in [4.69, 9.17) is 0 Å². The van der Waals surface area contributed by atoms with Gasteiger partial charge in [0.15, 0.2) is 0 Å². The third-order valence-electron chi connectivity index (χ3n) is 2.67. The van der Waals surface area contributed by atoms with Gasteiger partial charge in [0.2, 0.25) is 5.95 Å². The van der Waals surface area contributed by atoms with Gasteiger partial charge in [0.1, 0.15) is 0 Å². The van der Waals surface area contributed by atoms with Crippen molar-refractivity contribution < 1.29 is 0 Å². The van der Waals surface area contributed by atoms with Gasteiger partial charge in [-0.1, -0.05) is 0 Å². The summed E-state index contributed by atoms with van der Waals surface area (Å²) in [4.78, 5) is 6.54. The van der Waals surface area contributed by atoms with E-state index in [-0.39, 0.29) is 0 Å². The lowest BCUT2D eigenvalue weighted by Crippen LogP contribution is -2.17. The maximum Gasteiger partial charge on any atom is 0.203 e. The first-order chi connectivity index (χ1) is 7.27. The number of nitrogens with one attached hydrogen (secondary N) is 1. The lowest BCUT2D eigenvalue weighted by molar-refractivity contribution is 0.405. The molecule has 0 unspecified atom stereocenters. The summed E-state index contributed by atoms with van der Waals surface area (Å²) in [6.07, 6.45) is 7.73. The minimum absolute atomic E-state index is 0.712. The van der Waals surface area contributed by atoms with Crippen molar-refractivity contribution in [2.75, 3.05) is 32.5 Å². The lowest BCUT2D eigenvalue weighted by Gasteiger charge is -2.11. The minimum atomic E-state index is 0.712. The number of anilines is 1. The molecule has 0 radical (unpaired) electrons. The fraction of sp³-hybridized carbons (Fsp3) is 0.727. The topological polar surface area (TPSA) is 33.1 Å². The van der Waals surface area contributed by atoms with Gasteiger partial charge in [0.05, 0.1) is 0 Å². The largest absolute Gasteiger partial charge is 0.356 e. The Morgan fingerprint density at radius 1 is 1.53 bits per heavy atom. The Balaban J connectivity index is 1.75. The summed E-state index contributed by atoms with van der Waals surface area (Å²) in [6.45, 7) is 2.12. The molecule has 0 bridgehead atoms. The summed E-state index contributed by atoms with van der Waals surface area (Å²) in [5.74, 6) is 1.04. The van der Waals surface area contributed by atoms with E-state index in [1.54, 1.807) is 0 Å². The average Bonchev–Trinajstić information content (AvgIpc) is 2.93. The van der Waals surface area contributed by atoms with Crippen LogP contribution in [0.4, 0.5) is 5.95 Å². The number of aromatic nitrogens is 2. The van der Waals surface area contributed by atoms with Crippen LogP contribution in [0.3, 0.4) is 0 Å². The Labute approximate surface area is 91.3 Å². The van der Waals surface area contributed by atoms with E-state index in [0.29, 0.717) is 6.04 Å². The predicted octanol–water partition coefficient (Wildman–Crippen LogP) is 1.58. The second-order valence-corrected chi connectivity index (χ2v) is 4.47. The first-order valence-corrected chi connectivity index (χ1v) is 5.69. The Hall–Kier alpha value is -1.03. The molecule has 4 nitrogen and oxygen atoms in total. The van der Waals surface area contributed by atoms with E-state index in [9.17, 15) is 0 Å². The van der Waals surface area contributed by atoms with Gasteiger partial charge in [-0.25, -0.2) is 4.98 Å². The molecule has 15 heavy (non-hydrogen) atoms. The third kappa shape index (κ3) is 2.96. The standard InChI is InChI=1S/C11H20N4/c1-14(2)8-3-6-12-11-13-7-9-15(11)10-4-5-10/h7,9-10H,3-6,8H2,1-2H3,(H,12,13). The lowest BCUT2D eigenvalue weighted by atomic mass is 10.4. The molecule has 1 fully saturated rings. The highest BCUT2D eigenvalue weighted by Gasteiger charge is 2.25. The van der Waals surface area contributed by atoms with E-state index in [1.807, 2.05) is 6.20 Å². The second kappa shape index (κ2) is 4.66. The molecule has 1 aliphatic rings. The zero-order chi connectivity index (χ0) is 10.7. The van der Waals surface area contributed by atoms with Crippen molar-refractivity contribution >= 4 is 5.95 Å². The molecule has 0 aliphatic heterocycles. The van der Waals surface area contributed by atoms with Crippen LogP contribution in [0.5, 0.6) is 0 Å². The smallest absolute Gasteiger partial charge is 0.203 e. The first kappa shape index (κ1) is 10.5. The summed E-state index contributed by atoms with van der Waals surface area (Å²) in [5.41, 5.74) is 0. The van der Waals surface area contributed by atoms with Gasteiger partial charge in [-0.3, -0.25) is 0 Å². The zero-order valence-corrected chi connectivity index (χ0v) is 9.61. The van der Waals surface area contributed by atoms with E-state index in [1.165, 1.54) is 12.8 Å². The molecule has 4 heteroatoms. The Morgan fingerprint density at radius 2 is 2.33 bits per heavy atom. The van der Waals surface area contributed by atoms with E-state index in [0.717, 1.165) is 25.5 Å². The van der Waals surface area contributed by atoms with Gasteiger partial charge in [0, 0.05) is 25.0 Å². The highest BCUT2D eigenvalue weighted by molar-refractivity contribution is 5.27. The van der Waals surface area contributed by atoms with Gasteiger partial charge >= 0.3 is 0 Å². The number of rotatable bonds is 6. The summed E-state index contributed by atoms with van der Waals surface area (Å²) >= 11 is 0. The molecule has 84 valence electrons.